The lowest BCUT2D eigenvalue weighted by Gasteiger charge is -2.11. The van der Waals surface area contributed by atoms with Crippen LogP contribution in [0.2, 0.25) is 0 Å². The lowest BCUT2D eigenvalue weighted by molar-refractivity contribution is -0.123. The van der Waals surface area contributed by atoms with Gasteiger partial charge in [-0.3, -0.25) is 4.79 Å². The molecule has 27 heavy (non-hydrogen) atoms. The smallest absolute Gasteiger partial charge is 0.355 e. The summed E-state index contributed by atoms with van der Waals surface area (Å²) in [4.78, 5) is 27.7. The summed E-state index contributed by atoms with van der Waals surface area (Å²) in [6.45, 7) is 3.21. The van der Waals surface area contributed by atoms with Crippen molar-refractivity contribution in [1.82, 2.24) is 10.1 Å². The summed E-state index contributed by atoms with van der Waals surface area (Å²) < 4.78 is 10.2. The Hall–Kier alpha value is -3.61. The molecule has 0 saturated heterocycles. The zero-order valence-electron chi connectivity index (χ0n) is 14.8. The number of amides is 1. The van der Waals surface area contributed by atoms with Gasteiger partial charge in [0.2, 0.25) is 0 Å². The van der Waals surface area contributed by atoms with E-state index in [1.54, 1.807) is 19.1 Å². The molecule has 1 amide bonds. The van der Waals surface area contributed by atoms with E-state index in [-0.39, 0.29) is 5.82 Å². The Morgan fingerprint density at radius 2 is 1.96 bits per heavy atom. The first-order valence-electron chi connectivity index (χ1n) is 8.47. The van der Waals surface area contributed by atoms with E-state index in [1.165, 1.54) is 6.92 Å². The maximum atomic E-state index is 12.5. The average Bonchev–Trinajstić information content (AvgIpc) is 3.27. The van der Waals surface area contributed by atoms with Gasteiger partial charge in [0, 0.05) is 17.0 Å². The zero-order valence-corrected chi connectivity index (χ0v) is 14.8. The first kappa shape index (κ1) is 16.8. The SMILES string of the molecule is Cc1cc(NC(=O)[C@H](C)OC(=O)c2cc3c(ccc4ccccc43)[nH]2)no1. The average molecular weight is 363 g/mol. The number of carbonyl (C=O) groups excluding carboxylic acids is 2. The first-order chi connectivity index (χ1) is 13.0. The molecule has 0 aliphatic heterocycles. The molecule has 0 radical (unpaired) electrons. The monoisotopic (exact) mass is 363 g/mol. The fourth-order valence-electron chi connectivity index (χ4n) is 2.93. The Morgan fingerprint density at radius 1 is 1.15 bits per heavy atom. The van der Waals surface area contributed by atoms with Gasteiger partial charge in [-0.2, -0.15) is 0 Å². The molecule has 2 aromatic heterocycles. The molecule has 0 spiro atoms. The number of aromatic amines is 1. The Kier molecular flexibility index (Phi) is 4.12. The van der Waals surface area contributed by atoms with E-state index in [1.807, 2.05) is 36.4 Å². The number of H-pyrrole nitrogens is 1. The molecule has 0 unspecified atom stereocenters. The zero-order chi connectivity index (χ0) is 19.0. The van der Waals surface area contributed by atoms with Gasteiger partial charge in [-0.05, 0) is 36.8 Å². The van der Waals surface area contributed by atoms with Gasteiger partial charge in [0.25, 0.3) is 5.91 Å². The molecule has 0 fully saturated rings. The highest BCUT2D eigenvalue weighted by molar-refractivity contribution is 6.09. The maximum absolute atomic E-state index is 12.5. The number of aryl methyl sites for hydroxylation is 1. The molecule has 1 atom stereocenters. The standard InChI is InChI=1S/C20H17N3O4/c1-11-9-18(23-27-11)22-19(24)12(2)26-20(25)17-10-15-14-6-4-3-5-13(14)7-8-16(15)21-17/h3-10,12,21H,1-2H3,(H,22,23,24)/t12-/m0/s1. The molecule has 0 aliphatic rings. The molecular weight excluding hydrogens is 346 g/mol. The van der Waals surface area contributed by atoms with Gasteiger partial charge in [-0.25, -0.2) is 4.79 Å². The Labute approximate surface area is 154 Å². The topological polar surface area (TPSA) is 97.2 Å². The van der Waals surface area contributed by atoms with Gasteiger partial charge in [-0.15, -0.1) is 0 Å². The molecule has 4 aromatic rings. The van der Waals surface area contributed by atoms with Crippen molar-refractivity contribution in [2.24, 2.45) is 0 Å². The van der Waals surface area contributed by atoms with Crippen molar-refractivity contribution < 1.29 is 18.8 Å². The van der Waals surface area contributed by atoms with Gasteiger partial charge in [0.15, 0.2) is 11.9 Å². The van der Waals surface area contributed by atoms with Crippen LogP contribution in [0, 0.1) is 6.92 Å². The van der Waals surface area contributed by atoms with Gasteiger partial charge in [-0.1, -0.05) is 35.5 Å². The number of nitrogens with zero attached hydrogens (tertiary/aromatic N) is 1. The van der Waals surface area contributed by atoms with Crippen molar-refractivity contribution in [2.75, 3.05) is 5.32 Å². The van der Waals surface area contributed by atoms with Crippen molar-refractivity contribution in [3.8, 4) is 0 Å². The highest BCUT2D eigenvalue weighted by atomic mass is 16.5. The quantitative estimate of drug-likeness (QED) is 0.538. The van der Waals surface area contributed by atoms with Crippen molar-refractivity contribution in [3.05, 3.63) is 60.0 Å². The van der Waals surface area contributed by atoms with Crippen LogP contribution in [0.15, 0.2) is 53.1 Å². The van der Waals surface area contributed by atoms with E-state index in [2.05, 4.69) is 15.5 Å². The first-order valence-corrected chi connectivity index (χ1v) is 8.47. The second kappa shape index (κ2) is 6.60. The summed E-state index contributed by atoms with van der Waals surface area (Å²) in [6, 6.07) is 15.1. The summed E-state index contributed by atoms with van der Waals surface area (Å²) in [5, 5.41) is 9.27. The molecule has 136 valence electrons. The number of anilines is 1. The van der Waals surface area contributed by atoms with E-state index in [0.29, 0.717) is 11.5 Å². The maximum Gasteiger partial charge on any atom is 0.355 e. The number of esters is 1. The lowest BCUT2D eigenvalue weighted by atomic mass is 10.1. The van der Waals surface area contributed by atoms with Crippen LogP contribution >= 0.6 is 0 Å². The van der Waals surface area contributed by atoms with E-state index >= 15 is 0 Å². The minimum atomic E-state index is -0.988. The molecule has 2 aromatic carbocycles. The van der Waals surface area contributed by atoms with E-state index in [4.69, 9.17) is 9.26 Å². The normalized spacial score (nSPS) is 12.2. The summed E-state index contributed by atoms with van der Waals surface area (Å²) in [5.74, 6) is -0.245. The Bertz CT molecular complexity index is 1160. The third kappa shape index (κ3) is 3.27. The summed E-state index contributed by atoms with van der Waals surface area (Å²) in [6.07, 6.45) is -0.988. The van der Waals surface area contributed by atoms with Crippen LogP contribution in [-0.4, -0.2) is 28.1 Å². The van der Waals surface area contributed by atoms with Crippen LogP contribution in [0.25, 0.3) is 21.7 Å². The van der Waals surface area contributed by atoms with Gasteiger partial charge < -0.3 is 19.6 Å². The summed E-state index contributed by atoms with van der Waals surface area (Å²) in [7, 11) is 0. The number of rotatable bonds is 4. The molecule has 2 heterocycles. The summed E-state index contributed by atoms with van der Waals surface area (Å²) in [5.41, 5.74) is 1.12. The van der Waals surface area contributed by atoms with Crippen LogP contribution in [0.5, 0.6) is 0 Å². The van der Waals surface area contributed by atoms with Gasteiger partial charge >= 0.3 is 5.97 Å². The van der Waals surface area contributed by atoms with Crippen LogP contribution in [-0.2, 0) is 9.53 Å². The van der Waals surface area contributed by atoms with E-state index in [0.717, 1.165) is 21.7 Å². The largest absolute Gasteiger partial charge is 0.448 e. The number of benzene rings is 2. The number of nitrogens with one attached hydrogen (secondary N) is 2. The molecular formula is C20H17N3O4. The van der Waals surface area contributed by atoms with Gasteiger partial charge in [0.1, 0.15) is 11.5 Å². The Balaban J connectivity index is 1.52. The van der Waals surface area contributed by atoms with Crippen molar-refractivity contribution >= 4 is 39.4 Å². The summed E-state index contributed by atoms with van der Waals surface area (Å²) >= 11 is 0. The van der Waals surface area contributed by atoms with Crippen molar-refractivity contribution in [3.63, 3.8) is 0 Å². The molecule has 2 N–H and O–H groups in total. The number of carbonyl (C=O) groups is 2. The van der Waals surface area contributed by atoms with Crippen LogP contribution < -0.4 is 5.32 Å². The fraction of sp³-hybridized carbons (Fsp3) is 0.150. The highest BCUT2D eigenvalue weighted by Gasteiger charge is 2.21. The second-order valence-corrected chi connectivity index (χ2v) is 6.29. The minimum absolute atomic E-state index is 0.275. The van der Waals surface area contributed by atoms with Gasteiger partial charge in [0.05, 0.1) is 0 Å². The predicted molar refractivity (Wildman–Crippen MR) is 101 cm³/mol. The molecule has 0 saturated carbocycles. The minimum Gasteiger partial charge on any atom is -0.448 e. The van der Waals surface area contributed by atoms with Crippen LogP contribution in [0.1, 0.15) is 23.2 Å². The molecule has 4 rings (SSSR count). The molecule has 7 heteroatoms. The van der Waals surface area contributed by atoms with E-state index < -0.39 is 18.0 Å². The number of fused-ring (bicyclic) bond motifs is 3. The second-order valence-electron chi connectivity index (χ2n) is 6.29. The molecule has 7 nitrogen and oxygen atoms in total. The fourth-order valence-corrected chi connectivity index (χ4v) is 2.93. The van der Waals surface area contributed by atoms with E-state index in [9.17, 15) is 9.59 Å². The van der Waals surface area contributed by atoms with Crippen molar-refractivity contribution in [1.29, 1.82) is 0 Å². The number of hydrogen-bond donors (Lipinski definition) is 2. The van der Waals surface area contributed by atoms with Crippen molar-refractivity contribution in [2.45, 2.75) is 20.0 Å². The third-order valence-corrected chi connectivity index (χ3v) is 4.28. The third-order valence-electron chi connectivity index (χ3n) is 4.28. The predicted octanol–water partition coefficient (Wildman–Crippen LogP) is 3.80. The van der Waals surface area contributed by atoms with Crippen LogP contribution in [0.4, 0.5) is 5.82 Å². The molecule has 0 aliphatic carbocycles. The number of ether oxygens (including phenoxy) is 1. The number of hydrogen-bond acceptors (Lipinski definition) is 5. The molecule has 0 bridgehead atoms. The number of aromatic nitrogens is 2. The van der Waals surface area contributed by atoms with Crippen LogP contribution in [0.3, 0.4) is 0 Å². The lowest BCUT2D eigenvalue weighted by Crippen LogP contribution is -2.30. The highest BCUT2D eigenvalue weighted by Crippen LogP contribution is 2.26. The Morgan fingerprint density at radius 3 is 2.74 bits per heavy atom.